The van der Waals surface area contributed by atoms with Crippen LogP contribution >= 0.6 is 0 Å². The summed E-state index contributed by atoms with van der Waals surface area (Å²) in [7, 11) is 0. The quantitative estimate of drug-likeness (QED) is 0.836. The number of nitrogens with zero attached hydrogens (tertiary/aromatic N) is 1. The number of carbonyl (C=O) groups excluding carboxylic acids is 1. The van der Waals surface area contributed by atoms with Crippen molar-refractivity contribution >= 4 is 6.09 Å². The van der Waals surface area contributed by atoms with Crippen LogP contribution in [0.1, 0.15) is 45.4 Å². The van der Waals surface area contributed by atoms with E-state index >= 15 is 0 Å². The van der Waals surface area contributed by atoms with Crippen LogP contribution in [0.25, 0.3) is 0 Å². The Labute approximate surface area is 115 Å². The van der Waals surface area contributed by atoms with Crippen molar-refractivity contribution in [3.63, 3.8) is 0 Å². The normalized spacial score (nSPS) is 41.6. The molecule has 3 aliphatic rings. The number of hydrogen-bond acceptors (Lipinski definition) is 3. The molecule has 0 radical (unpaired) electrons. The van der Waals surface area contributed by atoms with Gasteiger partial charge in [0.15, 0.2) is 0 Å². The number of carbonyl (C=O) groups is 1. The molecule has 0 aromatic rings. The molecule has 4 heteroatoms. The number of likely N-dealkylation sites (tertiary alicyclic amines) is 1. The van der Waals surface area contributed by atoms with Gasteiger partial charge in [-0.3, -0.25) is 0 Å². The summed E-state index contributed by atoms with van der Waals surface area (Å²) in [6.45, 7) is 3.14. The van der Waals surface area contributed by atoms with E-state index in [9.17, 15) is 9.90 Å². The molecule has 3 rings (SSSR count). The van der Waals surface area contributed by atoms with E-state index in [1.54, 1.807) is 0 Å². The first kappa shape index (κ1) is 13.2. The standard InChI is InChI=1S/C15H25NO3/c1-2-19-15(18)16-9-10-5-3-6-11(10)14(16)12-7-4-8-13(12)17/h10-14,17H,2-9H2,1H3. The van der Waals surface area contributed by atoms with Crippen LogP contribution in [0.15, 0.2) is 0 Å². The molecule has 1 heterocycles. The lowest BCUT2D eigenvalue weighted by atomic mass is 9.84. The summed E-state index contributed by atoms with van der Waals surface area (Å²) >= 11 is 0. The molecule has 0 aromatic heterocycles. The van der Waals surface area contributed by atoms with Gasteiger partial charge in [0, 0.05) is 18.5 Å². The topological polar surface area (TPSA) is 49.8 Å². The lowest BCUT2D eigenvalue weighted by Crippen LogP contribution is -2.45. The number of ether oxygens (including phenoxy) is 1. The van der Waals surface area contributed by atoms with Crippen molar-refractivity contribution in [3.05, 3.63) is 0 Å². The van der Waals surface area contributed by atoms with E-state index in [0.29, 0.717) is 18.4 Å². The van der Waals surface area contributed by atoms with Crippen LogP contribution in [-0.4, -0.2) is 41.4 Å². The Morgan fingerprint density at radius 2 is 1.95 bits per heavy atom. The van der Waals surface area contributed by atoms with Crippen molar-refractivity contribution in [3.8, 4) is 0 Å². The first-order valence-corrected chi connectivity index (χ1v) is 7.83. The van der Waals surface area contributed by atoms with Crippen LogP contribution < -0.4 is 0 Å². The molecule has 0 spiro atoms. The third-order valence-electron chi connectivity index (χ3n) is 5.42. The molecule has 19 heavy (non-hydrogen) atoms. The fourth-order valence-electron chi connectivity index (χ4n) is 4.67. The van der Waals surface area contributed by atoms with Gasteiger partial charge in [-0.2, -0.15) is 0 Å². The van der Waals surface area contributed by atoms with E-state index in [0.717, 1.165) is 25.8 Å². The summed E-state index contributed by atoms with van der Waals surface area (Å²) in [4.78, 5) is 14.1. The lowest BCUT2D eigenvalue weighted by molar-refractivity contribution is 0.0463. The van der Waals surface area contributed by atoms with Gasteiger partial charge in [-0.15, -0.1) is 0 Å². The Hall–Kier alpha value is -0.770. The molecule has 2 aliphatic carbocycles. The number of aliphatic hydroxyl groups excluding tert-OH is 1. The molecule has 1 saturated heterocycles. The Kier molecular flexibility index (Phi) is 3.70. The van der Waals surface area contributed by atoms with Gasteiger partial charge in [-0.1, -0.05) is 12.8 Å². The van der Waals surface area contributed by atoms with Gasteiger partial charge in [0.05, 0.1) is 12.7 Å². The van der Waals surface area contributed by atoms with Crippen LogP contribution in [-0.2, 0) is 4.74 Å². The maximum atomic E-state index is 12.2. The molecule has 108 valence electrons. The van der Waals surface area contributed by atoms with Gasteiger partial charge in [0.25, 0.3) is 0 Å². The highest BCUT2D eigenvalue weighted by Crippen LogP contribution is 2.48. The molecule has 4 nitrogen and oxygen atoms in total. The number of fused-ring (bicyclic) bond motifs is 1. The highest BCUT2D eigenvalue weighted by atomic mass is 16.6. The zero-order chi connectivity index (χ0) is 13.4. The molecule has 0 bridgehead atoms. The lowest BCUT2D eigenvalue weighted by Gasteiger charge is -2.33. The van der Waals surface area contributed by atoms with Gasteiger partial charge in [-0.05, 0) is 44.4 Å². The summed E-state index contributed by atoms with van der Waals surface area (Å²) in [5.41, 5.74) is 0. The van der Waals surface area contributed by atoms with E-state index in [1.807, 2.05) is 11.8 Å². The van der Waals surface area contributed by atoms with Crippen molar-refractivity contribution in [1.29, 1.82) is 0 Å². The van der Waals surface area contributed by atoms with Gasteiger partial charge in [-0.25, -0.2) is 4.79 Å². The summed E-state index contributed by atoms with van der Waals surface area (Å²) in [5, 5.41) is 10.2. The maximum Gasteiger partial charge on any atom is 0.410 e. The van der Waals surface area contributed by atoms with E-state index in [1.165, 1.54) is 19.3 Å². The van der Waals surface area contributed by atoms with E-state index < -0.39 is 0 Å². The fraction of sp³-hybridized carbons (Fsp3) is 0.933. The van der Waals surface area contributed by atoms with Crippen LogP contribution in [0.4, 0.5) is 4.79 Å². The smallest absolute Gasteiger partial charge is 0.410 e. The second-order valence-electron chi connectivity index (χ2n) is 6.36. The Balaban J connectivity index is 1.80. The third-order valence-corrected chi connectivity index (χ3v) is 5.42. The van der Waals surface area contributed by atoms with Crippen molar-refractivity contribution in [2.45, 2.75) is 57.6 Å². The van der Waals surface area contributed by atoms with Crippen molar-refractivity contribution < 1.29 is 14.6 Å². The summed E-state index contributed by atoms with van der Waals surface area (Å²) in [6.07, 6.45) is 6.40. The number of amides is 1. The zero-order valence-electron chi connectivity index (χ0n) is 11.8. The first-order valence-electron chi connectivity index (χ1n) is 7.83. The van der Waals surface area contributed by atoms with Gasteiger partial charge in [0.1, 0.15) is 0 Å². The molecule has 3 fully saturated rings. The van der Waals surface area contributed by atoms with Crippen molar-refractivity contribution in [1.82, 2.24) is 4.90 Å². The summed E-state index contributed by atoms with van der Waals surface area (Å²) < 4.78 is 5.22. The minimum atomic E-state index is -0.221. The predicted molar refractivity (Wildman–Crippen MR) is 71.7 cm³/mol. The predicted octanol–water partition coefficient (Wildman–Crippen LogP) is 2.40. The number of aliphatic hydroxyl groups is 1. The van der Waals surface area contributed by atoms with Crippen molar-refractivity contribution in [2.24, 2.45) is 17.8 Å². The van der Waals surface area contributed by atoms with Crippen molar-refractivity contribution in [2.75, 3.05) is 13.2 Å². The Morgan fingerprint density at radius 3 is 2.63 bits per heavy atom. The molecule has 1 amide bonds. The van der Waals surface area contributed by atoms with Crippen LogP contribution in [0, 0.1) is 17.8 Å². The van der Waals surface area contributed by atoms with Crippen LogP contribution in [0.5, 0.6) is 0 Å². The maximum absolute atomic E-state index is 12.2. The monoisotopic (exact) mass is 267 g/mol. The highest BCUT2D eigenvalue weighted by Gasteiger charge is 2.51. The fourth-order valence-corrected chi connectivity index (χ4v) is 4.67. The Bertz CT molecular complexity index is 346. The minimum absolute atomic E-state index is 0.166. The average Bonchev–Trinajstić information content (AvgIpc) is 3.04. The Morgan fingerprint density at radius 1 is 1.21 bits per heavy atom. The molecule has 5 unspecified atom stereocenters. The van der Waals surface area contributed by atoms with Crippen LogP contribution in [0.2, 0.25) is 0 Å². The van der Waals surface area contributed by atoms with Gasteiger partial charge >= 0.3 is 6.09 Å². The molecule has 5 atom stereocenters. The van der Waals surface area contributed by atoms with Gasteiger partial charge in [0.2, 0.25) is 0 Å². The highest BCUT2D eigenvalue weighted by molar-refractivity contribution is 5.68. The van der Waals surface area contributed by atoms with E-state index in [2.05, 4.69) is 0 Å². The zero-order valence-corrected chi connectivity index (χ0v) is 11.8. The summed E-state index contributed by atoms with van der Waals surface area (Å²) in [6, 6.07) is 0.226. The number of rotatable bonds is 2. The number of hydrogen-bond donors (Lipinski definition) is 1. The van der Waals surface area contributed by atoms with E-state index in [-0.39, 0.29) is 24.2 Å². The summed E-state index contributed by atoms with van der Waals surface area (Å²) in [5.74, 6) is 1.52. The second kappa shape index (κ2) is 5.31. The molecule has 2 saturated carbocycles. The SMILES string of the molecule is CCOC(=O)N1CC2CCCC2C1C1CCCC1O. The molecule has 0 aromatic carbocycles. The third kappa shape index (κ3) is 2.24. The first-order chi connectivity index (χ1) is 9.22. The van der Waals surface area contributed by atoms with Crippen LogP contribution in [0.3, 0.4) is 0 Å². The minimum Gasteiger partial charge on any atom is -0.450 e. The molecule has 1 aliphatic heterocycles. The molecule has 1 N–H and O–H groups in total. The van der Waals surface area contributed by atoms with E-state index in [4.69, 9.17) is 4.74 Å². The average molecular weight is 267 g/mol. The largest absolute Gasteiger partial charge is 0.450 e. The molecular formula is C15H25NO3. The second-order valence-corrected chi connectivity index (χ2v) is 6.36. The molecular weight excluding hydrogens is 242 g/mol. The van der Waals surface area contributed by atoms with Gasteiger partial charge < -0.3 is 14.7 Å².